The number of carbonyl (C=O) groups excluding carboxylic acids is 1. The molecule has 9 nitrogen and oxygen atoms in total. The van der Waals surface area contributed by atoms with Crippen molar-refractivity contribution < 1.29 is 32.2 Å². The van der Waals surface area contributed by atoms with E-state index in [1.807, 2.05) is 0 Å². The Bertz CT molecular complexity index is 1370. The topological polar surface area (TPSA) is 100 Å². The molecule has 0 saturated carbocycles. The molecule has 0 atom stereocenters. The fourth-order valence-corrected chi connectivity index (χ4v) is 3.35. The maximum Gasteiger partial charge on any atom is 0.416 e. The van der Waals surface area contributed by atoms with Gasteiger partial charge in [0.25, 0.3) is 0 Å². The van der Waals surface area contributed by atoms with Gasteiger partial charge < -0.3 is 19.5 Å². The molecule has 0 saturated heterocycles. The van der Waals surface area contributed by atoms with Gasteiger partial charge in [-0.15, -0.1) is 10.2 Å². The van der Waals surface area contributed by atoms with Crippen LogP contribution in [-0.4, -0.2) is 40.3 Å². The van der Waals surface area contributed by atoms with Crippen LogP contribution in [0.4, 0.5) is 18.9 Å². The number of hydrogen-bond donors (Lipinski definition) is 1. The molecule has 0 aliphatic rings. The van der Waals surface area contributed by atoms with E-state index in [1.165, 1.54) is 20.3 Å². The molecule has 0 bridgehead atoms. The lowest BCUT2D eigenvalue weighted by Gasteiger charge is -2.11. The number of benzene rings is 3. The molecular weight excluding hydrogens is 491 g/mol. The van der Waals surface area contributed by atoms with Crippen LogP contribution in [-0.2, 0) is 24.1 Å². The predicted molar refractivity (Wildman–Crippen MR) is 127 cm³/mol. The maximum absolute atomic E-state index is 12.9. The van der Waals surface area contributed by atoms with Gasteiger partial charge in [0.1, 0.15) is 30.4 Å². The number of tetrazole rings is 1. The summed E-state index contributed by atoms with van der Waals surface area (Å²) in [7, 11) is 3.01. The summed E-state index contributed by atoms with van der Waals surface area (Å²) >= 11 is 0. The molecule has 0 radical (unpaired) electrons. The molecule has 1 heterocycles. The minimum atomic E-state index is -4.41. The molecule has 4 rings (SSSR count). The number of hydrogen-bond acceptors (Lipinski definition) is 7. The van der Waals surface area contributed by atoms with Crippen molar-refractivity contribution in [2.24, 2.45) is 0 Å². The number of methoxy groups -OCH3 is 2. The Hall–Kier alpha value is -4.61. The number of carbonyl (C=O) groups is 1. The van der Waals surface area contributed by atoms with Gasteiger partial charge in [-0.1, -0.05) is 12.1 Å². The number of alkyl halides is 3. The molecule has 0 spiro atoms. The summed E-state index contributed by atoms with van der Waals surface area (Å²) in [6.45, 7) is -0.202. The van der Waals surface area contributed by atoms with Crippen molar-refractivity contribution in [1.29, 1.82) is 0 Å². The van der Waals surface area contributed by atoms with Gasteiger partial charge in [0, 0.05) is 11.6 Å². The van der Waals surface area contributed by atoms with E-state index >= 15 is 0 Å². The van der Waals surface area contributed by atoms with Crippen molar-refractivity contribution in [1.82, 2.24) is 20.2 Å². The van der Waals surface area contributed by atoms with E-state index in [0.717, 1.165) is 16.9 Å². The highest BCUT2D eigenvalue weighted by atomic mass is 19.4. The SMILES string of the molecule is COc1ccc(NC(=O)Cn2nnc(-c3ccc(OCc4cccc(C(F)(F)F)c4)cc3)n2)c(OC)c1. The van der Waals surface area contributed by atoms with Crippen LogP contribution in [0.2, 0.25) is 0 Å². The highest BCUT2D eigenvalue weighted by molar-refractivity contribution is 5.92. The van der Waals surface area contributed by atoms with Crippen LogP contribution < -0.4 is 19.5 Å². The zero-order valence-electron chi connectivity index (χ0n) is 19.8. The van der Waals surface area contributed by atoms with E-state index in [2.05, 4.69) is 20.7 Å². The van der Waals surface area contributed by atoms with Crippen molar-refractivity contribution in [3.63, 3.8) is 0 Å². The Kier molecular flexibility index (Phi) is 7.56. The Morgan fingerprint density at radius 3 is 2.43 bits per heavy atom. The standard InChI is InChI=1S/C25H22F3N5O4/c1-35-20-10-11-21(22(13-20)36-2)29-23(34)14-33-31-24(30-32-33)17-6-8-19(9-7-17)37-15-16-4-3-5-18(12-16)25(26,27)28/h3-13H,14-15H2,1-2H3,(H,29,34). The molecule has 0 aliphatic heterocycles. The highest BCUT2D eigenvalue weighted by Crippen LogP contribution is 2.30. The summed E-state index contributed by atoms with van der Waals surface area (Å²) in [6, 6.07) is 16.6. The van der Waals surface area contributed by atoms with Crippen LogP contribution >= 0.6 is 0 Å². The second kappa shape index (κ2) is 11.0. The zero-order chi connectivity index (χ0) is 26.4. The molecule has 0 unspecified atom stereocenters. The number of nitrogens with one attached hydrogen (secondary N) is 1. The van der Waals surface area contributed by atoms with E-state index in [4.69, 9.17) is 14.2 Å². The van der Waals surface area contributed by atoms with Gasteiger partial charge in [-0.3, -0.25) is 4.79 Å². The molecule has 192 valence electrons. The fraction of sp³-hybridized carbons (Fsp3) is 0.200. The smallest absolute Gasteiger partial charge is 0.416 e. The van der Waals surface area contributed by atoms with Crippen molar-refractivity contribution >= 4 is 11.6 Å². The molecule has 3 aromatic carbocycles. The highest BCUT2D eigenvalue weighted by Gasteiger charge is 2.30. The Balaban J connectivity index is 1.34. The van der Waals surface area contributed by atoms with Crippen LogP contribution in [0.25, 0.3) is 11.4 Å². The first-order valence-electron chi connectivity index (χ1n) is 10.9. The summed E-state index contributed by atoms with van der Waals surface area (Å²) in [5.41, 5.74) is 0.758. The minimum Gasteiger partial charge on any atom is -0.497 e. The van der Waals surface area contributed by atoms with Crippen molar-refractivity contribution in [3.05, 3.63) is 77.9 Å². The number of halogens is 3. The summed E-state index contributed by atoms with van der Waals surface area (Å²) in [5, 5.41) is 14.8. The van der Waals surface area contributed by atoms with Crippen LogP contribution in [0, 0.1) is 0 Å². The van der Waals surface area contributed by atoms with Gasteiger partial charge in [-0.25, -0.2) is 0 Å². The minimum absolute atomic E-state index is 0.0220. The van der Waals surface area contributed by atoms with Gasteiger partial charge >= 0.3 is 6.18 Å². The van der Waals surface area contributed by atoms with Crippen LogP contribution in [0.3, 0.4) is 0 Å². The first-order chi connectivity index (χ1) is 17.7. The average Bonchev–Trinajstić information content (AvgIpc) is 3.36. The lowest BCUT2D eigenvalue weighted by molar-refractivity contribution is -0.137. The van der Waals surface area contributed by atoms with Crippen LogP contribution in [0.15, 0.2) is 66.7 Å². The lowest BCUT2D eigenvalue weighted by atomic mass is 10.1. The summed E-state index contributed by atoms with van der Waals surface area (Å²) in [4.78, 5) is 13.6. The molecule has 37 heavy (non-hydrogen) atoms. The van der Waals surface area contributed by atoms with Crippen LogP contribution in [0.1, 0.15) is 11.1 Å². The van der Waals surface area contributed by atoms with Gasteiger partial charge in [-0.05, 0) is 59.3 Å². The quantitative estimate of drug-likeness (QED) is 0.349. The molecular formula is C25H22F3N5O4. The van der Waals surface area contributed by atoms with Gasteiger partial charge in [0.05, 0.1) is 25.5 Å². The molecule has 1 N–H and O–H groups in total. The Labute approximate surface area is 209 Å². The summed E-state index contributed by atoms with van der Waals surface area (Å²) in [6.07, 6.45) is -4.41. The second-order valence-electron chi connectivity index (χ2n) is 7.77. The van der Waals surface area contributed by atoms with Gasteiger partial charge in [0.15, 0.2) is 0 Å². The Morgan fingerprint density at radius 1 is 0.973 bits per heavy atom. The molecule has 4 aromatic rings. The molecule has 0 fully saturated rings. The van der Waals surface area contributed by atoms with E-state index in [1.54, 1.807) is 48.5 Å². The van der Waals surface area contributed by atoms with Crippen LogP contribution in [0.5, 0.6) is 17.2 Å². The van der Waals surface area contributed by atoms with Gasteiger partial charge in [-0.2, -0.15) is 18.0 Å². The molecule has 1 amide bonds. The number of nitrogens with zero attached hydrogens (tertiary/aromatic N) is 4. The second-order valence-corrected chi connectivity index (χ2v) is 7.77. The van der Waals surface area contributed by atoms with E-state index in [0.29, 0.717) is 39.9 Å². The first-order valence-corrected chi connectivity index (χ1v) is 10.9. The van der Waals surface area contributed by atoms with E-state index in [9.17, 15) is 18.0 Å². The van der Waals surface area contributed by atoms with Crippen molar-refractivity contribution in [2.75, 3.05) is 19.5 Å². The number of amides is 1. The van der Waals surface area contributed by atoms with Gasteiger partial charge in [0.2, 0.25) is 11.7 Å². The molecule has 1 aromatic heterocycles. The number of anilines is 1. The number of ether oxygens (including phenoxy) is 3. The summed E-state index contributed by atoms with van der Waals surface area (Å²) in [5.74, 6) is 1.39. The third kappa shape index (κ3) is 6.54. The average molecular weight is 513 g/mol. The number of rotatable bonds is 9. The number of aromatic nitrogens is 4. The van der Waals surface area contributed by atoms with Crippen molar-refractivity contribution in [3.8, 4) is 28.6 Å². The first kappa shape index (κ1) is 25.5. The maximum atomic E-state index is 12.9. The Morgan fingerprint density at radius 2 is 1.73 bits per heavy atom. The zero-order valence-corrected chi connectivity index (χ0v) is 19.8. The lowest BCUT2D eigenvalue weighted by Crippen LogP contribution is -2.20. The van der Waals surface area contributed by atoms with E-state index < -0.39 is 11.7 Å². The van der Waals surface area contributed by atoms with E-state index in [-0.39, 0.29) is 19.1 Å². The van der Waals surface area contributed by atoms with Crippen molar-refractivity contribution in [2.45, 2.75) is 19.3 Å². The normalized spacial score (nSPS) is 11.2. The molecule has 12 heteroatoms. The third-order valence-electron chi connectivity index (χ3n) is 5.19. The largest absolute Gasteiger partial charge is 0.497 e. The molecule has 0 aliphatic carbocycles. The monoisotopic (exact) mass is 513 g/mol. The summed E-state index contributed by atoms with van der Waals surface area (Å²) < 4.78 is 54.6. The predicted octanol–water partition coefficient (Wildman–Crippen LogP) is 4.59. The third-order valence-corrected chi connectivity index (χ3v) is 5.19. The fourth-order valence-electron chi connectivity index (χ4n) is 3.35.